The van der Waals surface area contributed by atoms with Crippen molar-refractivity contribution >= 4 is 47.3 Å². The van der Waals surface area contributed by atoms with Gasteiger partial charge in [-0.3, -0.25) is 28.8 Å². The van der Waals surface area contributed by atoms with Crippen LogP contribution in [0.15, 0.2) is 0 Å². The number of primary amides is 1. The van der Waals surface area contributed by atoms with E-state index in [0.29, 0.717) is 6.42 Å². The molecule has 0 aromatic rings. The number of nitrogens with two attached hydrogens (primary N) is 1. The normalized spacial score (nSPS) is 29.7. The quantitative estimate of drug-likeness (QED) is 0.138. The molecule has 8 atom stereocenters. The second-order valence-corrected chi connectivity index (χ2v) is 10.3. The molecule has 0 spiro atoms. The smallest absolute Gasteiger partial charge is 0.318 e. The molecule has 0 radical (unpaired) electrons. The van der Waals surface area contributed by atoms with Gasteiger partial charge in [0.25, 0.3) is 0 Å². The molecule has 0 bridgehead atoms. The van der Waals surface area contributed by atoms with E-state index in [1.165, 1.54) is 13.8 Å². The van der Waals surface area contributed by atoms with Crippen LogP contribution in [0, 0.1) is 0 Å². The monoisotopic (exact) mass is 562 g/mol. The van der Waals surface area contributed by atoms with Gasteiger partial charge >= 0.3 is 5.97 Å². The Bertz CT molecular complexity index is 889. The fraction of sp³-hybridized carbons (Fsp3) is 0.727. The SMILES string of the molecule is CCC(C)NC1CSC(C(=O)O)[C@@H]([C@H](C)O)NC(=O)C(CC(N)=O)NC(=O)C(C)NC(=O)C(CO)NC1=O. The maximum atomic E-state index is 13.0. The first kappa shape index (κ1) is 33.1. The Morgan fingerprint density at radius 3 is 2.11 bits per heavy atom. The van der Waals surface area contributed by atoms with E-state index in [9.17, 15) is 44.1 Å². The van der Waals surface area contributed by atoms with Crippen molar-refractivity contribution in [2.45, 2.75) is 88.1 Å². The molecule has 0 aliphatic carbocycles. The molecule has 1 fully saturated rings. The number of thioether (sulfide) groups is 1. The molecule has 0 aromatic carbocycles. The van der Waals surface area contributed by atoms with Gasteiger partial charge in [0.2, 0.25) is 29.5 Å². The number of rotatable bonds is 8. The number of carbonyl (C=O) groups excluding carboxylic acids is 5. The Balaban J connectivity index is 3.50. The van der Waals surface area contributed by atoms with Crippen LogP contribution in [0.4, 0.5) is 0 Å². The molecule has 0 aromatic heterocycles. The standard InChI is InChI=1S/C22H38N6O9S/c1-5-9(2)24-14-8-38-17(22(36)37)16(11(4)30)28-19(33)12(6-15(23)31)26-18(32)10(3)25-20(34)13(7-29)27-21(14)35/h9-14,16-17,24,29-30H,5-8H2,1-4H3,(H2,23,31)(H,25,34)(H,26,32)(H,27,35)(H,28,33)(H,36,37)/t9?,10?,11-,12?,13?,14?,16+,17?/m0/s1. The van der Waals surface area contributed by atoms with Crippen LogP contribution >= 0.6 is 11.8 Å². The van der Waals surface area contributed by atoms with E-state index in [1.807, 2.05) is 6.92 Å². The Morgan fingerprint density at radius 1 is 1.03 bits per heavy atom. The third-order valence-corrected chi connectivity index (χ3v) is 7.24. The summed E-state index contributed by atoms with van der Waals surface area (Å²) in [6.45, 7) is 5.38. The maximum Gasteiger partial charge on any atom is 0.318 e. The van der Waals surface area contributed by atoms with Crippen molar-refractivity contribution in [2.24, 2.45) is 5.73 Å². The molecule has 1 aliphatic rings. The van der Waals surface area contributed by atoms with Crippen LogP contribution < -0.4 is 32.3 Å². The molecule has 1 heterocycles. The summed E-state index contributed by atoms with van der Waals surface area (Å²) >= 11 is 0.754. The number of aliphatic carboxylic acids is 1. The van der Waals surface area contributed by atoms with Crippen molar-refractivity contribution in [2.75, 3.05) is 12.4 Å². The van der Waals surface area contributed by atoms with Crippen molar-refractivity contribution in [3.63, 3.8) is 0 Å². The summed E-state index contributed by atoms with van der Waals surface area (Å²) in [5, 5.41) is 40.8. The minimum absolute atomic E-state index is 0.149. The Morgan fingerprint density at radius 2 is 1.61 bits per heavy atom. The molecule has 6 unspecified atom stereocenters. The summed E-state index contributed by atoms with van der Waals surface area (Å²) in [6, 6.07) is -6.86. The van der Waals surface area contributed by atoms with Gasteiger partial charge in [0, 0.05) is 11.8 Å². The first-order valence-corrected chi connectivity index (χ1v) is 13.2. The lowest BCUT2D eigenvalue weighted by atomic mass is 10.1. The number of amides is 5. The summed E-state index contributed by atoms with van der Waals surface area (Å²) in [6.07, 6.45) is -1.42. The predicted molar refractivity (Wildman–Crippen MR) is 137 cm³/mol. The minimum Gasteiger partial charge on any atom is -0.480 e. The lowest BCUT2D eigenvalue weighted by Gasteiger charge is -2.31. The van der Waals surface area contributed by atoms with Gasteiger partial charge in [0.05, 0.1) is 31.2 Å². The topological polar surface area (TPSA) is 249 Å². The summed E-state index contributed by atoms with van der Waals surface area (Å²) < 4.78 is 0. The highest BCUT2D eigenvalue weighted by molar-refractivity contribution is 8.00. The van der Waals surface area contributed by atoms with Crippen LogP contribution in [0.2, 0.25) is 0 Å². The molecule has 1 aliphatic heterocycles. The summed E-state index contributed by atoms with van der Waals surface area (Å²) in [5.74, 6) is -5.98. The Kier molecular flexibility index (Phi) is 13.5. The molecule has 0 saturated carbocycles. The van der Waals surface area contributed by atoms with Crippen LogP contribution in [-0.4, -0.2) is 111 Å². The van der Waals surface area contributed by atoms with Crippen LogP contribution in [0.3, 0.4) is 0 Å². The fourth-order valence-corrected chi connectivity index (χ4v) is 4.75. The lowest BCUT2D eigenvalue weighted by Crippen LogP contribution is -2.61. The molecule has 38 heavy (non-hydrogen) atoms. The van der Waals surface area contributed by atoms with Crippen LogP contribution in [0.5, 0.6) is 0 Å². The molecular formula is C22H38N6O9S. The van der Waals surface area contributed by atoms with Gasteiger partial charge in [-0.2, -0.15) is 0 Å². The molecule has 216 valence electrons. The molecule has 1 rings (SSSR count). The number of aliphatic hydroxyl groups excluding tert-OH is 2. The zero-order chi connectivity index (χ0) is 29.2. The number of hydrogen-bond donors (Lipinski definition) is 9. The summed E-state index contributed by atoms with van der Waals surface area (Å²) in [5.41, 5.74) is 5.21. The molecule has 5 amide bonds. The van der Waals surface area contributed by atoms with E-state index in [0.717, 1.165) is 11.8 Å². The van der Waals surface area contributed by atoms with Crippen molar-refractivity contribution in [3.8, 4) is 0 Å². The number of carbonyl (C=O) groups is 6. The molecule has 16 heteroatoms. The molecule has 15 nitrogen and oxygen atoms in total. The fourth-order valence-electron chi connectivity index (χ4n) is 3.46. The summed E-state index contributed by atoms with van der Waals surface area (Å²) in [4.78, 5) is 75.1. The average Bonchev–Trinajstić information content (AvgIpc) is 2.83. The highest BCUT2D eigenvalue weighted by Gasteiger charge is 2.38. The number of hydrogen-bond acceptors (Lipinski definition) is 10. The second-order valence-electron chi connectivity index (χ2n) is 9.10. The van der Waals surface area contributed by atoms with Gasteiger partial charge in [0.15, 0.2) is 0 Å². The number of carboxylic acid groups (broad SMARTS) is 1. The van der Waals surface area contributed by atoms with E-state index in [-0.39, 0.29) is 11.8 Å². The Hall–Kier alpha value is -2.95. The first-order valence-electron chi connectivity index (χ1n) is 12.1. The number of nitrogens with one attached hydrogen (secondary N) is 5. The molecular weight excluding hydrogens is 524 g/mol. The van der Waals surface area contributed by atoms with E-state index in [1.54, 1.807) is 6.92 Å². The van der Waals surface area contributed by atoms with Crippen molar-refractivity contribution < 1.29 is 44.1 Å². The second kappa shape index (κ2) is 15.5. The van der Waals surface area contributed by atoms with Crippen molar-refractivity contribution in [1.29, 1.82) is 0 Å². The number of aliphatic hydroxyl groups is 2. The third-order valence-electron chi connectivity index (χ3n) is 5.86. The first-order chi connectivity index (χ1) is 17.7. The third kappa shape index (κ3) is 10.1. The zero-order valence-electron chi connectivity index (χ0n) is 21.7. The van der Waals surface area contributed by atoms with Crippen molar-refractivity contribution in [1.82, 2.24) is 26.6 Å². The van der Waals surface area contributed by atoms with Crippen molar-refractivity contribution in [3.05, 3.63) is 0 Å². The van der Waals surface area contributed by atoms with Crippen LogP contribution in [0.25, 0.3) is 0 Å². The van der Waals surface area contributed by atoms with E-state index in [2.05, 4.69) is 26.6 Å². The predicted octanol–water partition coefficient (Wildman–Crippen LogP) is -3.85. The van der Waals surface area contributed by atoms with E-state index < -0.39 is 90.1 Å². The van der Waals surface area contributed by atoms with Gasteiger partial charge in [-0.25, -0.2) is 0 Å². The maximum absolute atomic E-state index is 13.0. The highest BCUT2D eigenvalue weighted by Crippen LogP contribution is 2.20. The Labute approximate surface area is 224 Å². The van der Waals surface area contributed by atoms with Gasteiger partial charge in [0.1, 0.15) is 23.4 Å². The molecule has 1 saturated heterocycles. The summed E-state index contributed by atoms with van der Waals surface area (Å²) in [7, 11) is 0. The minimum atomic E-state index is -1.54. The van der Waals surface area contributed by atoms with E-state index >= 15 is 0 Å². The van der Waals surface area contributed by atoms with E-state index in [4.69, 9.17) is 5.73 Å². The number of carboxylic acids is 1. The van der Waals surface area contributed by atoms with Crippen LogP contribution in [-0.2, 0) is 28.8 Å². The van der Waals surface area contributed by atoms with Gasteiger partial charge < -0.3 is 47.6 Å². The van der Waals surface area contributed by atoms with Gasteiger partial charge in [-0.05, 0) is 27.2 Å². The highest BCUT2D eigenvalue weighted by atomic mass is 32.2. The van der Waals surface area contributed by atoms with Crippen LogP contribution in [0.1, 0.15) is 40.5 Å². The lowest BCUT2D eigenvalue weighted by molar-refractivity contribution is -0.139. The van der Waals surface area contributed by atoms with Gasteiger partial charge in [-0.15, -0.1) is 11.8 Å². The average molecular weight is 563 g/mol. The molecule has 10 N–H and O–H groups in total. The van der Waals surface area contributed by atoms with Gasteiger partial charge in [-0.1, -0.05) is 6.92 Å². The zero-order valence-corrected chi connectivity index (χ0v) is 22.5. The largest absolute Gasteiger partial charge is 0.480 e.